The third-order valence-electron chi connectivity index (χ3n) is 2.24. The third-order valence-corrected chi connectivity index (χ3v) is 2.24. The van der Waals surface area contributed by atoms with Crippen molar-refractivity contribution in [1.82, 2.24) is 0 Å². The van der Waals surface area contributed by atoms with Gasteiger partial charge < -0.3 is 9.52 Å². The van der Waals surface area contributed by atoms with Gasteiger partial charge in [-0.3, -0.25) is 0 Å². The lowest BCUT2D eigenvalue weighted by molar-refractivity contribution is 0.0683. The van der Waals surface area contributed by atoms with Crippen LogP contribution in [0.25, 0.3) is 11.3 Å². The maximum absolute atomic E-state index is 13.5. The lowest BCUT2D eigenvalue weighted by atomic mass is 10.1. The molecule has 0 fully saturated rings. The van der Waals surface area contributed by atoms with Crippen molar-refractivity contribution in [2.45, 2.75) is 0 Å². The molecule has 0 atom stereocenters. The lowest BCUT2D eigenvalue weighted by Crippen LogP contribution is -2.11. The van der Waals surface area contributed by atoms with Crippen LogP contribution in [0, 0.1) is 23.3 Å². The van der Waals surface area contributed by atoms with E-state index in [9.17, 15) is 22.4 Å². The summed E-state index contributed by atoms with van der Waals surface area (Å²) in [5.41, 5.74) is -2.76. The second-order valence-electron chi connectivity index (χ2n) is 3.29. The van der Waals surface area contributed by atoms with Gasteiger partial charge in [0.1, 0.15) is 11.3 Å². The Morgan fingerprint density at radius 3 is 2.00 bits per heavy atom. The number of furan rings is 1. The van der Waals surface area contributed by atoms with Crippen LogP contribution in [-0.2, 0) is 0 Å². The molecule has 18 heavy (non-hydrogen) atoms. The van der Waals surface area contributed by atoms with E-state index >= 15 is 0 Å². The first kappa shape index (κ1) is 12.2. The third kappa shape index (κ3) is 1.64. The van der Waals surface area contributed by atoms with Crippen LogP contribution in [0.2, 0.25) is 0 Å². The van der Waals surface area contributed by atoms with Crippen LogP contribution in [0.1, 0.15) is 10.4 Å². The predicted octanol–water partition coefficient (Wildman–Crippen LogP) is 3.20. The van der Waals surface area contributed by atoms with Gasteiger partial charge in [-0.05, 0) is 12.1 Å². The fourth-order valence-corrected chi connectivity index (χ4v) is 1.46. The summed E-state index contributed by atoms with van der Waals surface area (Å²) in [4.78, 5) is 10.5. The fraction of sp³-hybridized carbons (Fsp3) is 0. The number of benzene rings is 1. The summed E-state index contributed by atoms with van der Waals surface area (Å²) < 4.78 is 58.4. The number of rotatable bonds is 2. The maximum atomic E-state index is 13.5. The van der Waals surface area contributed by atoms with Crippen molar-refractivity contribution in [3.05, 3.63) is 47.2 Å². The van der Waals surface area contributed by atoms with Crippen molar-refractivity contribution in [1.29, 1.82) is 0 Å². The average molecular weight is 260 g/mol. The molecule has 1 aromatic heterocycles. The smallest absolute Gasteiger partial charge is 0.341 e. The van der Waals surface area contributed by atoms with E-state index in [1.54, 1.807) is 0 Å². The van der Waals surface area contributed by atoms with Gasteiger partial charge in [0.05, 0.1) is 11.8 Å². The minimum absolute atomic E-state index is 0.445. The Morgan fingerprint density at radius 2 is 1.61 bits per heavy atom. The first-order valence-corrected chi connectivity index (χ1v) is 4.58. The minimum atomic E-state index is -2.10. The van der Waals surface area contributed by atoms with Crippen molar-refractivity contribution in [2.24, 2.45) is 0 Å². The summed E-state index contributed by atoms with van der Waals surface area (Å²) in [5.74, 6) is -10.1. The SMILES string of the molecule is O=C(O)c1c(F)c(F)c(-c2ccco2)c(F)c1F. The number of carbonyl (C=O) groups is 1. The number of carboxylic acids is 1. The highest BCUT2D eigenvalue weighted by molar-refractivity contribution is 5.89. The van der Waals surface area contributed by atoms with Gasteiger partial charge in [-0.1, -0.05) is 0 Å². The molecule has 0 radical (unpaired) electrons. The molecular weight excluding hydrogens is 256 g/mol. The summed E-state index contributed by atoms with van der Waals surface area (Å²) in [5, 5.41) is 8.48. The second kappa shape index (κ2) is 4.17. The topological polar surface area (TPSA) is 50.4 Å². The van der Waals surface area contributed by atoms with E-state index in [4.69, 9.17) is 5.11 Å². The molecule has 0 saturated carbocycles. The van der Waals surface area contributed by atoms with Crippen molar-refractivity contribution < 1.29 is 31.9 Å². The summed E-state index contributed by atoms with van der Waals surface area (Å²) in [6.07, 6.45) is 1.05. The van der Waals surface area contributed by atoms with E-state index in [0.717, 1.165) is 12.3 Å². The van der Waals surface area contributed by atoms with E-state index < -0.39 is 46.1 Å². The molecule has 2 rings (SSSR count). The molecule has 0 amide bonds. The van der Waals surface area contributed by atoms with Gasteiger partial charge in [-0.15, -0.1) is 0 Å². The van der Waals surface area contributed by atoms with Crippen LogP contribution in [0.4, 0.5) is 17.6 Å². The van der Waals surface area contributed by atoms with Gasteiger partial charge >= 0.3 is 5.97 Å². The molecule has 0 bridgehead atoms. The van der Waals surface area contributed by atoms with E-state index in [1.807, 2.05) is 0 Å². The van der Waals surface area contributed by atoms with Gasteiger partial charge in [-0.2, -0.15) is 0 Å². The quantitative estimate of drug-likeness (QED) is 0.666. The molecular formula is C11H4F4O3. The van der Waals surface area contributed by atoms with E-state index in [1.165, 1.54) is 6.07 Å². The van der Waals surface area contributed by atoms with Crippen LogP contribution in [-0.4, -0.2) is 11.1 Å². The van der Waals surface area contributed by atoms with Gasteiger partial charge in [0.25, 0.3) is 0 Å². The highest BCUT2D eigenvalue weighted by atomic mass is 19.2. The average Bonchev–Trinajstić information content (AvgIpc) is 2.80. The largest absolute Gasteiger partial charge is 0.477 e. The van der Waals surface area contributed by atoms with Crippen LogP contribution in [0.3, 0.4) is 0 Å². The summed E-state index contributed by atoms with van der Waals surface area (Å²) in [6.45, 7) is 0. The van der Waals surface area contributed by atoms with E-state index in [-0.39, 0.29) is 0 Å². The number of hydrogen-bond acceptors (Lipinski definition) is 2. The molecule has 0 aliphatic heterocycles. The Bertz CT molecular complexity index is 591. The molecule has 1 heterocycles. The zero-order valence-corrected chi connectivity index (χ0v) is 8.51. The van der Waals surface area contributed by atoms with Crippen LogP contribution < -0.4 is 0 Å². The second-order valence-corrected chi connectivity index (χ2v) is 3.29. The van der Waals surface area contributed by atoms with Crippen molar-refractivity contribution in [2.75, 3.05) is 0 Å². The summed E-state index contributed by atoms with van der Waals surface area (Å²) in [6, 6.07) is 2.34. The van der Waals surface area contributed by atoms with E-state index in [2.05, 4.69) is 4.42 Å². The van der Waals surface area contributed by atoms with Crippen molar-refractivity contribution >= 4 is 5.97 Å². The van der Waals surface area contributed by atoms with Gasteiger partial charge in [0, 0.05) is 0 Å². The van der Waals surface area contributed by atoms with Gasteiger partial charge in [0.2, 0.25) is 0 Å². The lowest BCUT2D eigenvalue weighted by Gasteiger charge is -2.07. The molecule has 0 saturated heterocycles. The Morgan fingerprint density at radius 1 is 1.06 bits per heavy atom. The predicted molar refractivity (Wildman–Crippen MR) is 50.9 cm³/mol. The first-order chi connectivity index (χ1) is 8.45. The zero-order chi connectivity index (χ0) is 13.4. The van der Waals surface area contributed by atoms with Crippen LogP contribution >= 0.6 is 0 Å². The monoisotopic (exact) mass is 260 g/mol. The first-order valence-electron chi connectivity index (χ1n) is 4.58. The van der Waals surface area contributed by atoms with Gasteiger partial charge in [0.15, 0.2) is 23.3 Å². The zero-order valence-electron chi connectivity index (χ0n) is 8.51. The molecule has 1 aromatic carbocycles. The fourth-order valence-electron chi connectivity index (χ4n) is 1.46. The van der Waals surface area contributed by atoms with Crippen molar-refractivity contribution in [3.8, 4) is 11.3 Å². The number of halogens is 4. The van der Waals surface area contributed by atoms with Crippen LogP contribution in [0.5, 0.6) is 0 Å². The molecule has 1 N–H and O–H groups in total. The number of aromatic carboxylic acids is 1. The summed E-state index contributed by atoms with van der Waals surface area (Å²) in [7, 11) is 0. The molecule has 0 spiro atoms. The Labute approximate surface area is 97.3 Å². The number of carboxylic acid groups (broad SMARTS) is 1. The Hall–Kier alpha value is -2.31. The standard InChI is InChI=1S/C11H4F4O3/c12-7-5(4-2-1-3-18-4)8(13)10(15)6(9(7)14)11(16)17/h1-3H,(H,16,17). The van der Waals surface area contributed by atoms with Gasteiger partial charge in [-0.25, -0.2) is 22.4 Å². The molecule has 94 valence electrons. The highest BCUT2D eigenvalue weighted by Gasteiger charge is 2.30. The molecule has 0 aliphatic carbocycles. The van der Waals surface area contributed by atoms with Crippen LogP contribution in [0.15, 0.2) is 22.8 Å². The molecule has 0 aliphatic rings. The maximum Gasteiger partial charge on any atom is 0.341 e. The van der Waals surface area contributed by atoms with Crippen molar-refractivity contribution in [3.63, 3.8) is 0 Å². The molecule has 2 aromatic rings. The molecule has 7 heteroatoms. The normalized spacial score (nSPS) is 10.7. The van der Waals surface area contributed by atoms with E-state index in [0.29, 0.717) is 0 Å². The highest BCUT2D eigenvalue weighted by Crippen LogP contribution is 2.32. The minimum Gasteiger partial charge on any atom is -0.477 e. The Kier molecular flexibility index (Phi) is 2.82. The Balaban J connectivity index is 2.83. The summed E-state index contributed by atoms with van der Waals surface area (Å²) >= 11 is 0. The number of hydrogen-bond donors (Lipinski definition) is 1. The molecule has 0 unspecified atom stereocenters. The molecule has 3 nitrogen and oxygen atoms in total.